The molecule has 0 atom stereocenters. The van der Waals surface area contributed by atoms with E-state index in [1.54, 1.807) is 30.2 Å². The zero-order valence-electron chi connectivity index (χ0n) is 13.9. The lowest BCUT2D eigenvalue weighted by molar-refractivity contribution is -0.135. The summed E-state index contributed by atoms with van der Waals surface area (Å²) >= 11 is 0. The number of rotatable bonds is 5. The minimum absolute atomic E-state index is 0.128. The van der Waals surface area contributed by atoms with E-state index >= 15 is 0 Å². The van der Waals surface area contributed by atoms with Crippen LogP contribution in [-0.2, 0) is 9.59 Å². The highest BCUT2D eigenvalue weighted by molar-refractivity contribution is 6.04. The van der Waals surface area contributed by atoms with Crippen LogP contribution in [0.15, 0.2) is 18.2 Å². The summed E-state index contributed by atoms with van der Waals surface area (Å²) in [4.78, 5) is 26.1. The molecule has 1 N–H and O–H groups in total. The third kappa shape index (κ3) is 4.61. The van der Waals surface area contributed by atoms with E-state index in [0.29, 0.717) is 23.1 Å². The van der Waals surface area contributed by atoms with Crippen LogP contribution in [0.25, 0.3) is 0 Å². The molecule has 1 aliphatic heterocycles. The van der Waals surface area contributed by atoms with Gasteiger partial charge in [0.05, 0.1) is 19.9 Å². The van der Waals surface area contributed by atoms with E-state index in [1.807, 2.05) is 0 Å². The molecular formula is C17H24N2O4. The number of amides is 2. The van der Waals surface area contributed by atoms with Gasteiger partial charge in [-0.25, -0.2) is 0 Å². The van der Waals surface area contributed by atoms with Crippen molar-refractivity contribution in [2.45, 2.75) is 26.2 Å². The van der Waals surface area contributed by atoms with Gasteiger partial charge in [0.25, 0.3) is 0 Å². The van der Waals surface area contributed by atoms with E-state index in [1.165, 1.54) is 7.11 Å². The fourth-order valence-corrected chi connectivity index (χ4v) is 2.61. The second-order valence-corrected chi connectivity index (χ2v) is 5.85. The van der Waals surface area contributed by atoms with Gasteiger partial charge in [0.1, 0.15) is 17.9 Å². The zero-order valence-corrected chi connectivity index (χ0v) is 13.9. The van der Waals surface area contributed by atoms with Crippen LogP contribution in [0.4, 0.5) is 5.69 Å². The first-order valence-corrected chi connectivity index (χ1v) is 7.83. The van der Waals surface area contributed by atoms with Crippen LogP contribution in [0.1, 0.15) is 26.2 Å². The summed E-state index contributed by atoms with van der Waals surface area (Å²) in [5, 5.41) is 2.72. The number of hydrogen-bond acceptors (Lipinski definition) is 4. The molecule has 0 spiro atoms. The number of nitrogens with one attached hydrogen (secondary N) is 1. The van der Waals surface area contributed by atoms with Gasteiger partial charge in [0.15, 0.2) is 0 Å². The summed E-state index contributed by atoms with van der Waals surface area (Å²) < 4.78 is 10.4. The predicted molar refractivity (Wildman–Crippen MR) is 87.8 cm³/mol. The standard InChI is InChI=1S/C17H24N2O4/c1-12-6-8-19(9-7-12)17(21)11-16(20)18-14-10-13(22-2)4-5-15(14)23-3/h4-5,10,12H,6-9,11H2,1-3H3,(H,18,20). The number of piperidine rings is 1. The van der Waals surface area contributed by atoms with Crippen molar-refractivity contribution in [3.05, 3.63) is 18.2 Å². The van der Waals surface area contributed by atoms with Crippen molar-refractivity contribution < 1.29 is 19.1 Å². The van der Waals surface area contributed by atoms with Gasteiger partial charge in [-0.3, -0.25) is 9.59 Å². The van der Waals surface area contributed by atoms with Crippen LogP contribution in [0.5, 0.6) is 11.5 Å². The van der Waals surface area contributed by atoms with Gasteiger partial charge in [-0.2, -0.15) is 0 Å². The number of anilines is 1. The number of ether oxygens (including phenoxy) is 2. The Kier molecular flexibility index (Phi) is 5.84. The lowest BCUT2D eigenvalue weighted by atomic mass is 9.99. The first-order chi connectivity index (χ1) is 11.0. The van der Waals surface area contributed by atoms with Crippen molar-refractivity contribution in [2.24, 2.45) is 5.92 Å². The Morgan fingerprint density at radius 1 is 1.22 bits per heavy atom. The number of methoxy groups -OCH3 is 2. The second kappa shape index (κ2) is 7.85. The van der Waals surface area contributed by atoms with Crippen molar-refractivity contribution in [3.8, 4) is 11.5 Å². The van der Waals surface area contributed by atoms with Gasteiger partial charge < -0.3 is 19.7 Å². The Hall–Kier alpha value is -2.24. The van der Waals surface area contributed by atoms with Crippen molar-refractivity contribution in [3.63, 3.8) is 0 Å². The number of benzene rings is 1. The molecule has 0 radical (unpaired) electrons. The third-order valence-corrected chi connectivity index (χ3v) is 4.13. The van der Waals surface area contributed by atoms with E-state index < -0.39 is 0 Å². The van der Waals surface area contributed by atoms with Crippen LogP contribution in [0, 0.1) is 5.92 Å². The molecule has 1 aliphatic rings. The lowest BCUT2D eigenvalue weighted by Gasteiger charge is -2.30. The Morgan fingerprint density at radius 3 is 2.52 bits per heavy atom. The smallest absolute Gasteiger partial charge is 0.233 e. The molecule has 126 valence electrons. The molecular weight excluding hydrogens is 296 g/mol. The van der Waals surface area contributed by atoms with E-state index in [0.717, 1.165) is 25.9 Å². The Morgan fingerprint density at radius 2 is 1.91 bits per heavy atom. The Bertz CT molecular complexity index is 566. The number of carbonyl (C=O) groups is 2. The summed E-state index contributed by atoms with van der Waals surface area (Å²) in [5.74, 6) is 1.31. The van der Waals surface area contributed by atoms with Gasteiger partial charge in [-0.1, -0.05) is 6.92 Å². The molecule has 1 fully saturated rings. The van der Waals surface area contributed by atoms with E-state index in [-0.39, 0.29) is 18.2 Å². The number of likely N-dealkylation sites (tertiary alicyclic amines) is 1. The van der Waals surface area contributed by atoms with Crippen molar-refractivity contribution in [2.75, 3.05) is 32.6 Å². The molecule has 6 heteroatoms. The summed E-state index contributed by atoms with van der Waals surface area (Å²) in [7, 11) is 3.08. The minimum Gasteiger partial charge on any atom is -0.497 e. The normalized spacial score (nSPS) is 15.2. The quantitative estimate of drug-likeness (QED) is 0.845. The van der Waals surface area contributed by atoms with Gasteiger partial charge in [0, 0.05) is 19.2 Å². The van der Waals surface area contributed by atoms with Crippen LogP contribution in [-0.4, -0.2) is 44.0 Å². The molecule has 6 nitrogen and oxygen atoms in total. The molecule has 0 aromatic heterocycles. The number of hydrogen-bond donors (Lipinski definition) is 1. The van der Waals surface area contributed by atoms with Crippen molar-refractivity contribution in [1.29, 1.82) is 0 Å². The van der Waals surface area contributed by atoms with E-state index in [4.69, 9.17) is 9.47 Å². The maximum absolute atomic E-state index is 12.2. The first kappa shape index (κ1) is 17.1. The summed E-state index contributed by atoms with van der Waals surface area (Å²) in [6, 6.07) is 5.13. The zero-order chi connectivity index (χ0) is 16.8. The maximum atomic E-state index is 12.2. The summed E-state index contributed by atoms with van der Waals surface area (Å²) in [6.07, 6.45) is 1.84. The average Bonchev–Trinajstić information content (AvgIpc) is 2.55. The monoisotopic (exact) mass is 320 g/mol. The highest BCUT2D eigenvalue weighted by Crippen LogP contribution is 2.29. The Balaban J connectivity index is 1.95. The molecule has 1 heterocycles. The topological polar surface area (TPSA) is 67.9 Å². The molecule has 1 aromatic rings. The SMILES string of the molecule is COc1ccc(OC)c(NC(=O)CC(=O)N2CCC(C)CC2)c1. The predicted octanol–water partition coefficient (Wildman–Crippen LogP) is 2.29. The molecule has 2 rings (SSSR count). The largest absolute Gasteiger partial charge is 0.497 e. The van der Waals surface area contributed by atoms with Crippen LogP contribution < -0.4 is 14.8 Å². The maximum Gasteiger partial charge on any atom is 0.233 e. The van der Waals surface area contributed by atoms with Crippen LogP contribution in [0.2, 0.25) is 0 Å². The molecule has 1 aromatic carbocycles. The third-order valence-electron chi connectivity index (χ3n) is 4.13. The highest BCUT2D eigenvalue weighted by atomic mass is 16.5. The van der Waals surface area contributed by atoms with Gasteiger partial charge in [-0.05, 0) is 30.9 Å². The first-order valence-electron chi connectivity index (χ1n) is 7.83. The van der Waals surface area contributed by atoms with Gasteiger partial charge in [-0.15, -0.1) is 0 Å². The van der Waals surface area contributed by atoms with E-state index in [2.05, 4.69) is 12.2 Å². The molecule has 23 heavy (non-hydrogen) atoms. The number of nitrogens with zero attached hydrogens (tertiary/aromatic N) is 1. The van der Waals surface area contributed by atoms with Gasteiger partial charge >= 0.3 is 0 Å². The summed E-state index contributed by atoms with van der Waals surface area (Å²) in [6.45, 7) is 3.65. The molecule has 2 amide bonds. The van der Waals surface area contributed by atoms with E-state index in [9.17, 15) is 9.59 Å². The highest BCUT2D eigenvalue weighted by Gasteiger charge is 2.22. The second-order valence-electron chi connectivity index (χ2n) is 5.85. The minimum atomic E-state index is -0.347. The van der Waals surface area contributed by atoms with Crippen LogP contribution in [0.3, 0.4) is 0 Å². The number of carbonyl (C=O) groups excluding carboxylic acids is 2. The average molecular weight is 320 g/mol. The lowest BCUT2D eigenvalue weighted by Crippen LogP contribution is -2.39. The molecule has 0 saturated carbocycles. The fourth-order valence-electron chi connectivity index (χ4n) is 2.61. The molecule has 1 saturated heterocycles. The molecule has 0 aliphatic carbocycles. The molecule has 0 unspecified atom stereocenters. The molecule has 0 bridgehead atoms. The van der Waals surface area contributed by atoms with Crippen molar-refractivity contribution >= 4 is 17.5 Å². The fraction of sp³-hybridized carbons (Fsp3) is 0.529. The van der Waals surface area contributed by atoms with Crippen LogP contribution >= 0.6 is 0 Å². The summed E-state index contributed by atoms with van der Waals surface area (Å²) in [5.41, 5.74) is 0.497. The van der Waals surface area contributed by atoms with Gasteiger partial charge in [0.2, 0.25) is 11.8 Å². The van der Waals surface area contributed by atoms with Crippen molar-refractivity contribution in [1.82, 2.24) is 4.90 Å². The Labute approximate surface area is 136 Å².